The Morgan fingerprint density at radius 1 is 0.704 bits per heavy atom. The molecule has 3 aromatic carbocycles. The molecule has 1 nitrogen and oxygen atoms in total. The lowest BCUT2D eigenvalue weighted by Gasteiger charge is -2.12. The Morgan fingerprint density at radius 3 is 2.00 bits per heavy atom. The molecule has 0 saturated heterocycles. The predicted octanol–water partition coefficient (Wildman–Crippen LogP) is 7.36. The average Bonchev–Trinajstić information content (AvgIpc) is 2.74. The van der Waals surface area contributed by atoms with Crippen LogP contribution in [0, 0.1) is 0 Å². The minimum Gasteiger partial charge on any atom is -0.388 e. The van der Waals surface area contributed by atoms with Crippen molar-refractivity contribution in [1.29, 1.82) is 0 Å². The average molecular weight is 358 g/mol. The highest BCUT2D eigenvalue weighted by atomic mass is 14.8. The second-order valence-electron chi connectivity index (χ2n) is 7.21. The van der Waals surface area contributed by atoms with Gasteiger partial charge in [-0.15, -0.1) is 0 Å². The van der Waals surface area contributed by atoms with Crippen LogP contribution in [0.15, 0.2) is 66.7 Å². The van der Waals surface area contributed by atoms with Crippen molar-refractivity contribution < 1.29 is 0 Å². The van der Waals surface area contributed by atoms with Gasteiger partial charge in [-0.1, -0.05) is 81.3 Å². The van der Waals surface area contributed by atoms with Gasteiger partial charge in [0.1, 0.15) is 0 Å². The maximum absolute atomic E-state index is 3.18. The molecule has 0 fully saturated rings. The lowest BCUT2D eigenvalue weighted by atomic mass is 9.93. The Bertz CT molecular complexity index is 844. The lowest BCUT2D eigenvalue weighted by Crippen LogP contribution is -1.91. The van der Waals surface area contributed by atoms with Crippen molar-refractivity contribution in [3.8, 4) is 22.3 Å². The third-order valence-electron chi connectivity index (χ3n) is 5.33. The van der Waals surface area contributed by atoms with Gasteiger partial charge in [0, 0.05) is 12.7 Å². The molecule has 0 radical (unpaired) electrons. The van der Waals surface area contributed by atoms with Crippen molar-refractivity contribution in [3.05, 3.63) is 77.9 Å². The Labute approximate surface area is 164 Å². The van der Waals surface area contributed by atoms with Gasteiger partial charge in [0.05, 0.1) is 0 Å². The molecule has 0 heterocycles. The summed E-state index contributed by atoms with van der Waals surface area (Å²) in [7, 11) is 1.95. The van der Waals surface area contributed by atoms with Crippen LogP contribution in [0.1, 0.15) is 44.2 Å². The molecule has 140 valence electrons. The van der Waals surface area contributed by atoms with E-state index in [2.05, 4.69) is 85.9 Å². The summed E-state index contributed by atoms with van der Waals surface area (Å²) < 4.78 is 0. The summed E-state index contributed by atoms with van der Waals surface area (Å²) in [6.07, 6.45) is 6.11. The Hall–Kier alpha value is -2.54. The molecule has 0 spiro atoms. The molecular weight excluding hydrogens is 326 g/mol. The zero-order valence-corrected chi connectivity index (χ0v) is 16.9. The van der Waals surface area contributed by atoms with Gasteiger partial charge in [-0.3, -0.25) is 0 Å². The smallest absolute Gasteiger partial charge is 0.0337 e. The zero-order valence-electron chi connectivity index (χ0n) is 16.9. The van der Waals surface area contributed by atoms with Crippen LogP contribution in [-0.4, -0.2) is 7.05 Å². The summed E-state index contributed by atoms with van der Waals surface area (Å²) >= 11 is 0. The molecule has 0 amide bonds. The molecule has 0 aromatic heterocycles. The molecule has 0 unspecified atom stereocenters. The quantitative estimate of drug-likeness (QED) is 0.415. The van der Waals surface area contributed by atoms with Crippen LogP contribution in [0.5, 0.6) is 0 Å². The molecule has 0 aliphatic rings. The van der Waals surface area contributed by atoms with Crippen LogP contribution < -0.4 is 5.32 Å². The van der Waals surface area contributed by atoms with E-state index in [1.165, 1.54) is 59.1 Å². The SMILES string of the molecule is CCCCCc1ccc(-c2ccc(-c3ccc(NC)cc3)cc2CC)cc1. The van der Waals surface area contributed by atoms with E-state index in [0.717, 1.165) is 12.1 Å². The molecule has 3 aromatic rings. The molecule has 0 aliphatic carbocycles. The van der Waals surface area contributed by atoms with Crippen molar-refractivity contribution in [1.82, 2.24) is 0 Å². The van der Waals surface area contributed by atoms with E-state index in [0.29, 0.717) is 0 Å². The fourth-order valence-corrected chi connectivity index (χ4v) is 3.61. The maximum atomic E-state index is 3.18. The van der Waals surface area contributed by atoms with Crippen LogP contribution in [0.25, 0.3) is 22.3 Å². The summed E-state index contributed by atoms with van der Waals surface area (Å²) in [6.45, 7) is 4.50. The van der Waals surface area contributed by atoms with Gasteiger partial charge in [-0.2, -0.15) is 0 Å². The van der Waals surface area contributed by atoms with Crippen molar-refractivity contribution in [2.45, 2.75) is 46.0 Å². The van der Waals surface area contributed by atoms with Gasteiger partial charge < -0.3 is 5.32 Å². The summed E-state index contributed by atoms with van der Waals surface area (Å²) in [6, 6.07) is 24.7. The minimum atomic E-state index is 1.04. The number of hydrogen-bond acceptors (Lipinski definition) is 1. The summed E-state index contributed by atoms with van der Waals surface area (Å²) in [5.41, 5.74) is 9.23. The molecule has 27 heavy (non-hydrogen) atoms. The molecule has 1 heteroatoms. The third-order valence-corrected chi connectivity index (χ3v) is 5.33. The van der Waals surface area contributed by atoms with Crippen LogP contribution >= 0.6 is 0 Å². The fourth-order valence-electron chi connectivity index (χ4n) is 3.61. The van der Waals surface area contributed by atoms with Gasteiger partial charge >= 0.3 is 0 Å². The first-order valence-corrected chi connectivity index (χ1v) is 10.3. The minimum absolute atomic E-state index is 1.04. The number of nitrogens with one attached hydrogen (secondary N) is 1. The van der Waals surface area contributed by atoms with Gasteiger partial charge in [-0.05, 0) is 64.8 Å². The van der Waals surface area contributed by atoms with E-state index in [9.17, 15) is 0 Å². The van der Waals surface area contributed by atoms with E-state index < -0.39 is 0 Å². The Balaban J connectivity index is 1.83. The standard InChI is InChI=1S/C26H31N/c1-4-6-7-8-20-9-11-23(12-10-20)26-18-15-24(19-21(26)5-2)22-13-16-25(27-3)17-14-22/h9-19,27H,4-8H2,1-3H3. The number of anilines is 1. The molecule has 0 saturated carbocycles. The van der Waals surface area contributed by atoms with Crippen LogP contribution in [-0.2, 0) is 12.8 Å². The van der Waals surface area contributed by atoms with Crippen LogP contribution in [0.3, 0.4) is 0 Å². The zero-order chi connectivity index (χ0) is 19.1. The van der Waals surface area contributed by atoms with E-state index >= 15 is 0 Å². The third kappa shape index (κ3) is 4.80. The highest BCUT2D eigenvalue weighted by Gasteiger charge is 2.07. The Kier molecular flexibility index (Phi) is 6.70. The van der Waals surface area contributed by atoms with Gasteiger partial charge in [-0.25, -0.2) is 0 Å². The highest BCUT2D eigenvalue weighted by molar-refractivity contribution is 5.74. The normalized spacial score (nSPS) is 10.8. The van der Waals surface area contributed by atoms with Crippen LogP contribution in [0.4, 0.5) is 5.69 Å². The molecular formula is C26H31N. The highest BCUT2D eigenvalue weighted by Crippen LogP contribution is 2.30. The number of unbranched alkanes of at least 4 members (excludes halogenated alkanes) is 2. The first kappa shape index (κ1) is 19.2. The van der Waals surface area contributed by atoms with Crippen molar-refractivity contribution in [2.75, 3.05) is 12.4 Å². The number of aryl methyl sites for hydroxylation is 2. The maximum Gasteiger partial charge on any atom is 0.0337 e. The summed E-state index contributed by atoms with van der Waals surface area (Å²) in [5, 5.41) is 3.18. The first-order chi connectivity index (χ1) is 13.2. The van der Waals surface area contributed by atoms with Crippen molar-refractivity contribution in [2.24, 2.45) is 0 Å². The molecule has 1 N–H and O–H groups in total. The van der Waals surface area contributed by atoms with E-state index in [4.69, 9.17) is 0 Å². The second kappa shape index (κ2) is 9.41. The molecule has 0 atom stereocenters. The van der Waals surface area contributed by atoms with Gasteiger partial charge in [0.15, 0.2) is 0 Å². The fraction of sp³-hybridized carbons (Fsp3) is 0.308. The summed E-state index contributed by atoms with van der Waals surface area (Å²) in [5.74, 6) is 0. The monoisotopic (exact) mass is 357 g/mol. The van der Waals surface area contributed by atoms with Crippen LogP contribution in [0.2, 0.25) is 0 Å². The molecule has 0 bridgehead atoms. The molecule has 0 aliphatic heterocycles. The summed E-state index contributed by atoms with van der Waals surface area (Å²) in [4.78, 5) is 0. The largest absolute Gasteiger partial charge is 0.388 e. The van der Waals surface area contributed by atoms with E-state index in [-0.39, 0.29) is 0 Å². The predicted molar refractivity (Wildman–Crippen MR) is 119 cm³/mol. The van der Waals surface area contributed by atoms with Gasteiger partial charge in [0.2, 0.25) is 0 Å². The van der Waals surface area contributed by atoms with Crippen molar-refractivity contribution in [3.63, 3.8) is 0 Å². The van der Waals surface area contributed by atoms with E-state index in [1.807, 2.05) is 7.05 Å². The van der Waals surface area contributed by atoms with E-state index in [1.54, 1.807) is 0 Å². The topological polar surface area (TPSA) is 12.0 Å². The van der Waals surface area contributed by atoms with Crippen molar-refractivity contribution >= 4 is 5.69 Å². The lowest BCUT2D eigenvalue weighted by molar-refractivity contribution is 0.717. The molecule has 3 rings (SSSR count). The number of rotatable bonds is 8. The second-order valence-corrected chi connectivity index (χ2v) is 7.21. The Morgan fingerprint density at radius 2 is 1.37 bits per heavy atom. The van der Waals surface area contributed by atoms with Gasteiger partial charge in [0.25, 0.3) is 0 Å². The number of benzene rings is 3. The number of hydrogen-bond donors (Lipinski definition) is 1. The first-order valence-electron chi connectivity index (χ1n) is 10.3.